The highest BCUT2D eigenvalue weighted by atomic mass is 32.2. The fraction of sp³-hybridized carbons (Fsp3) is 0.706. The highest BCUT2D eigenvalue weighted by Gasteiger charge is 2.48. The summed E-state index contributed by atoms with van der Waals surface area (Å²) in [6, 6.07) is 0. The van der Waals surface area contributed by atoms with E-state index in [2.05, 4.69) is 14.7 Å². The minimum absolute atomic E-state index is 0.177. The van der Waals surface area contributed by atoms with Crippen molar-refractivity contribution in [2.75, 3.05) is 31.1 Å². The molecule has 31 heavy (non-hydrogen) atoms. The molecule has 0 amide bonds. The van der Waals surface area contributed by atoms with Gasteiger partial charge in [-0.25, -0.2) is 32.3 Å². The molecular formula is C17H22F4N4O5S. The Morgan fingerprint density at radius 1 is 1.26 bits per heavy atom. The smallest absolute Gasteiger partial charge is 0.475 e. The van der Waals surface area contributed by atoms with E-state index < -0.39 is 28.0 Å². The lowest BCUT2D eigenvalue weighted by Gasteiger charge is -2.52. The van der Waals surface area contributed by atoms with Crippen molar-refractivity contribution in [3.05, 3.63) is 18.2 Å². The van der Waals surface area contributed by atoms with Gasteiger partial charge in [0.25, 0.3) is 0 Å². The summed E-state index contributed by atoms with van der Waals surface area (Å²) in [4.78, 5) is 18.8. The third kappa shape index (κ3) is 6.23. The highest BCUT2D eigenvalue weighted by Crippen LogP contribution is 2.37. The molecule has 2 N–H and O–H groups in total. The topological polar surface area (TPSA) is 122 Å². The molecule has 14 heteroatoms. The molecule has 3 aliphatic rings. The van der Waals surface area contributed by atoms with Crippen molar-refractivity contribution in [3.8, 4) is 0 Å². The van der Waals surface area contributed by atoms with Crippen LogP contribution in [0.2, 0.25) is 0 Å². The van der Waals surface area contributed by atoms with Crippen LogP contribution >= 0.6 is 0 Å². The molecule has 174 valence electrons. The fourth-order valence-electron chi connectivity index (χ4n) is 3.32. The van der Waals surface area contributed by atoms with E-state index >= 15 is 0 Å². The maximum Gasteiger partial charge on any atom is 0.490 e. The van der Waals surface area contributed by atoms with E-state index in [1.54, 1.807) is 0 Å². The van der Waals surface area contributed by atoms with Crippen LogP contribution in [-0.2, 0) is 19.6 Å². The third-order valence-corrected chi connectivity index (χ3v) is 7.18. The molecule has 0 radical (unpaired) electrons. The first-order valence-electron chi connectivity index (χ1n) is 9.55. The Balaban J connectivity index is 0.000000339. The first kappa shape index (κ1) is 23.6. The van der Waals surface area contributed by atoms with E-state index in [1.807, 2.05) is 4.90 Å². The molecule has 4 rings (SSSR count). The summed E-state index contributed by atoms with van der Waals surface area (Å²) >= 11 is 0. The van der Waals surface area contributed by atoms with Crippen molar-refractivity contribution in [1.82, 2.24) is 14.7 Å². The summed E-state index contributed by atoms with van der Waals surface area (Å²) in [7, 11) is -3.12. The molecule has 3 heterocycles. The molecule has 1 aromatic rings. The Bertz CT molecular complexity index is 877. The summed E-state index contributed by atoms with van der Waals surface area (Å²) in [5.41, 5.74) is -0.191. The van der Waals surface area contributed by atoms with Crippen LogP contribution in [-0.4, -0.2) is 72.7 Å². The molecule has 1 aliphatic carbocycles. The van der Waals surface area contributed by atoms with Crippen LogP contribution in [0.3, 0.4) is 0 Å². The largest absolute Gasteiger partial charge is 0.490 e. The number of hydrogen-bond donors (Lipinski definition) is 2. The highest BCUT2D eigenvalue weighted by molar-refractivity contribution is 7.90. The van der Waals surface area contributed by atoms with Gasteiger partial charge in [0.05, 0.1) is 37.3 Å². The fourth-order valence-corrected chi connectivity index (χ4v) is 4.78. The van der Waals surface area contributed by atoms with Crippen molar-refractivity contribution < 1.29 is 40.6 Å². The molecule has 1 spiro atoms. The zero-order chi connectivity index (χ0) is 22.9. The molecular weight excluding hydrogens is 448 g/mol. The van der Waals surface area contributed by atoms with E-state index in [1.165, 1.54) is 0 Å². The molecule has 3 fully saturated rings. The second-order valence-corrected chi connectivity index (χ2v) is 9.90. The number of halogens is 4. The van der Waals surface area contributed by atoms with Crippen LogP contribution in [0.1, 0.15) is 25.7 Å². The van der Waals surface area contributed by atoms with Crippen LogP contribution in [0.4, 0.5) is 23.5 Å². The van der Waals surface area contributed by atoms with Crippen LogP contribution in [0.15, 0.2) is 12.4 Å². The van der Waals surface area contributed by atoms with Crippen molar-refractivity contribution in [3.63, 3.8) is 0 Å². The quantitative estimate of drug-likeness (QED) is 0.618. The maximum absolute atomic E-state index is 12.9. The molecule has 2 aliphatic heterocycles. The van der Waals surface area contributed by atoms with Gasteiger partial charge in [-0.2, -0.15) is 13.2 Å². The van der Waals surface area contributed by atoms with E-state index in [0.29, 0.717) is 32.2 Å². The minimum Gasteiger partial charge on any atom is -0.475 e. The van der Waals surface area contributed by atoms with Gasteiger partial charge < -0.3 is 14.7 Å². The summed E-state index contributed by atoms with van der Waals surface area (Å²) < 4.78 is 77.0. The molecule has 0 aromatic carbocycles. The van der Waals surface area contributed by atoms with Gasteiger partial charge in [-0.05, 0) is 31.6 Å². The van der Waals surface area contributed by atoms with Gasteiger partial charge in [-0.15, -0.1) is 0 Å². The minimum atomic E-state index is -5.08. The van der Waals surface area contributed by atoms with E-state index in [-0.39, 0.29) is 16.8 Å². The number of aliphatic carboxylic acids is 1. The number of alkyl halides is 3. The number of carboxylic acids is 1. The lowest BCUT2D eigenvalue weighted by Crippen LogP contribution is -2.65. The number of anilines is 1. The molecule has 1 unspecified atom stereocenters. The Morgan fingerprint density at radius 3 is 2.29 bits per heavy atom. The van der Waals surface area contributed by atoms with Gasteiger partial charge in [0.15, 0.2) is 5.82 Å². The number of carbonyl (C=O) groups is 1. The Kier molecular flexibility index (Phi) is 6.72. The van der Waals surface area contributed by atoms with Gasteiger partial charge in [0, 0.05) is 6.54 Å². The average Bonchev–Trinajstić information content (AvgIpc) is 3.52. The monoisotopic (exact) mass is 470 g/mol. The molecule has 1 aromatic heterocycles. The van der Waals surface area contributed by atoms with Crippen molar-refractivity contribution in [2.24, 2.45) is 5.92 Å². The van der Waals surface area contributed by atoms with Crippen molar-refractivity contribution >= 4 is 21.9 Å². The SMILES string of the molecule is O=C(O)C(F)(F)F.O=S(=O)(NCC1CCC2(CN(c3ncc(F)cn3)C2)OC1)C1CC1. The zero-order valence-electron chi connectivity index (χ0n) is 16.3. The summed E-state index contributed by atoms with van der Waals surface area (Å²) in [6.07, 6.45) is 0.627. The molecule has 1 saturated carbocycles. The Labute approximate surface area is 175 Å². The number of nitrogens with zero attached hydrogens (tertiary/aromatic N) is 3. The number of nitrogens with one attached hydrogen (secondary N) is 1. The van der Waals surface area contributed by atoms with Crippen LogP contribution in [0.5, 0.6) is 0 Å². The summed E-state index contributed by atoms with van der Waals surface area (Å²) in [5, 5.41) is 6.95. The van der Waals surface area contributed by atoms with E-state index in [0.717, 1.165) is 38.1 Å². The standard InChI is InChI=1S/C15H21FN4O3S.C2HF3O2/c16-12-6-17-14(18-7-12)20-9-15(10-20)4-3-11(8-23-15)5-19-24(21,22)13-1-2-13;3-2(4,5)1(6)7/h6-7,11,13,19H,1-5,8-10H2;(H,6,7). The predicted octanol–water partition coefficient (Wildman–Crippen LogP) is 1.32. The van der Waals surface area contributed by atoms with Gasteiger partial charge >= 0.3 is 12.1 Å². The summed E-state index contributed by atoms with van der Waals surface area (Å²) in [6.45, 7) is 2.41. The van der Waals surface area contributed by atoms with Crippen molar-refractivity contribution in [2.45, 2.75) is 42.7 Å². The predicted molar refractivity (Wildman–Crippen MR) is 99.2 cm³/mol. The van der Waals surface area contributed by atoms with Crippen LogP contribution < -0.4 is 9.62 Å². The summed E-state index contributed by atoms with van der Waals surface area (Å²) in [5.74, 6) is -2.46. The number of ether oxygens (including phenoxy) is 1. The van der Waals surface area contributed by atoms with Gasteiger partial charge in [-0.3, -0.25) is 0 Å². The number of carboxylic acid groups (broad SMARTS) is 1. The average molecular weight is 470 g/mol. The second-order valence-electron chi connectivity index (χ2n) is 7.85. The van der Waals surface area contributed by atoms with E-state index in [4.69, 9.17) is 14.6 Å². The van der Waals surface area contributed by atoms with Gasteiger partial charge in [-0.1, -0.05) is 0 Å². The maximum atomic E-state index is 12.9. The third-order valence-electron chi connectivity index (χ3n) is 5.26. The van der Waals surface area contributed by atoms with Gasteiger partial charge in [0.2, 0.25) is 16.0 Å². The first-order chi connectivity index (χ1) is 14.4. The molecule has 0 bridgehead atoms. The van der Waals surface area contributed by atoms with Crippen LogP contribution in [0, 0.1) is 11.7 Å². The normalized spacial score (nSPS) is 23.0. The number of hydrogen-bond acceptors (Lipinski definition) is 7. The molecule has 2 saturated heterocycles. The Morgan fingerprint density at radius 2 is 1.84 bits per heavy atom. The Hall–Kier alpha value is -2.06. The number of aromatic nitrogens is 2. The lowest BCUT2D eigenvalue weighted by atomic mass is 9.83. The molecule has 1 atom stereocenters. The lowest BCUT2D eigenvalue weighted by molar-refractivity contribution is -0.192. The zero-order valence-corrected chi connectivity index (χ0v) is 17.1. The second kappa shape index (κ2) is 8.82. The van der Waals surface area contributed by atoms with Crippen molar-refractivity contribution in [1.29, 1.82) is 0 Å². The number of rotatable bonds is 5. The molecule has 9 nitrogen and oxygen atoms in total. The van der Waals surface area contributed by atoms with Gasteiger partial charge in [0.1, 0.15) is 5.60 Å². The van der Waals surface area contributed by atoms with E-state index in [9.17, 15) is 26.0 Å². The first-order valence-corrected chi connectivity index (χ1v) is 11.1. The number of sulfonamides is 1. The van der Waals surface area contributed by atoms with Crippen LogP contribution in [0.25, 0.3) is 0 Å².